The van der Waals surface area contributed by atoms with Crippen LogP contribution in [-0.4, -0.2) is 18.7 Å². The van der Waals surface area contributed by atoms with Gasteiger partial charge < -0.3 is 9.47 Å². The number of benzene rings is 1. The van der Waals surface area contributed by atoms with Gasteiger partial charge in [0.25, 0.3) is 0 Å². The molecule has 3 nitrogen and oxygen atoms in total. The summed E-state index contributed by atoms with van der Waals surface area (Å²) in [4.78, 5) is 11.2. The fourth-order valence-corrected chi connectivity index (χ4v) is 2.00. The molecule has 18 heavy (non-hydrogen) atoms. The number of esters is 1. The third-order valence-electron chi connectivity index (χ3n) is 3.50. The molecule has 1 aliphatic heterocycles. The van der Waals surface area contributed by atoms with E-state index in [9.17, 15) is 4.79 Å². The lowest BCUT2D eigenvalue weighted by Gasteiger charge is -2.11. The van der Waals surface area contributed by atoms with Crippen molar-refractivity contribution in [3.63, 3.8) is 0 Å². The van der Waals surface area contributed by atoms with Crippen LogP contribution in [0.5, 0.6) is 0 Å². The Bertz CT molecular complexity index is 397. The van der Waals surface area contributed by atoms with E-state index in [2.05, 4.69) is 38.1 Å². The topological polar surface area (TPSA) is 35.5 Å². The van der Waals surface area contributed by atoms with Crippen molar-refractivity contribution in [3.8, 4) is 0 Å². The number of hydrogen-bond donors (Lipinski definition) is 0. The summed E-state index contributed by atoms with van der Waals surface area (Å²) in [6.07, 6.45) is 1.44. The number of rotatable bonds is 5. The van der Waals surface area contributed by atoms with Crippen molar-refractivity contribution in [2.75, 3.05) is 6.61 Å². The van der Waals surface area contributed by atoms with Gasteiger partial charge in [-0.25, -0.2) is 4.79 Å². The maximum absolute atomic E-state index is 11.2. The van der Waals surface area contributed by atoms with Crippen LogP contribution < -0.4 is 0 Å². The molecule has 1 aromatic rings. The molecule has 0 bridgehead atoms. The Morgan fingerprint density at radius 1 is 1.39 bits per heavy atom. The quantitative estimate of drug-likeness (QED) is 0.751. The molecule has 1 aliphatic rings. The van der Waals surface area contributed by atoms with Crippen molar-refractivity contribution in [2.45, 2.75) is 45.3 Å². The van der Waals surface area contributed by atoms with Crippen LogP contribution in [0, 0.1) is 0 Å². The highest BCUT2D eigenvalue weighted by molar-refractivity contribution is 5.76. The van der Waals surface area contributed by atoms with Crippen molar-refractivity contribution in [2.24, 2.45) is 0 Å². The molecular weight excluding hydrogens is 228 g/mol. The second-order valence-electron chi connectivity index (χ2n) is 4.81. The molecule has 98 valence electrons. The van der Waals surface area contributed by atoms with Crippen LogP contribution in [0.15, 0.2) is 24.3 Å². The summed E-state index contributed by atoms with van der Waals surface area (Å²) < 4.78 is 10.4. The Hall–Kier alpha value is -1.35. The van der Waals surface area contributed by atoms with E-state index < -0.39 is 0 Å². The summed E-state index contributed by atoms with van der Waals surface area (Å²) >= 11 is 0. The Balaban J connectivity index is 1.88. The maximum Gasteiger partial charge on any atom is 0.335 e. The molecule has 1 aromatic carbocycles. The number of cyclic esters (lactones) is 1. The largest absolute Gasteiger partial charge is 0.464 e. The van der Waals surface area contributed by atoms with E-state index >= 15 is 0 Å². The second kappa shape index (κ2) is 6.01. The van der Waals surface area contributed by atoms with Crippen LogP contribution >= 0.6 is 0 Å². The molecule has 0 aliphatic carbocycles. The molecule has 1 heterocycles. The van der Waals surface area contributed by atoms with Crippen molar-refractivity contribution in [3.05, 3.63) is 35.4 Å². The first-order valence-corrected chi connectivity index (χ1v) is 6.57. The Labute approximate surface area is 108 Å². The van der Waals surface area contributed by atoms with E-state index in [0.29, 0.717) is 25.6 Å². The predicted octanol–water partition coefficient (Wildman–Crippen LogP) is 3.03. The first-order chi connectivity index (χ1) is 8.70. The summed E-state index contributed by atoms with van der Waals surface area (Å²) in [5, 5.41) is 0. The first-order valence-electron chi connectivity index (χ1n) is 6.57. The van der Waals surface area contributed by atoms with E-state index in [-0.39, 0.29) is 12.1 Å². The third-order valence-corrected chi connectivity index (χ3v) is 3.50. The minimum Gasteiger partial charge on any atom is -0.464 e. The van der Waals surface area contributed by atoms with Crippen molar-refractivity contribution < 1.29 is 14.3 Å². The SMILES string of the molecule is CCC(C)c1ccc(COC2CCOC2=O)cc1. The summed E-state index contributed by atoms with van der Waals surface area (Å²) in [5.74, 6) is 0.357. The van der Waals surface area contributed by atoms with Gasteiger partial charge in [-0.2, -0.15) is 0 Å². The van der Waals surface area contributed by atoms with Crippen LogP contribution in [0.4, 0.5) is 0 Å². The predicted molar refractivity (Wildman–Crippen MR) is 69.3 cm³/mol. The zero-order valence-electron chi connectivity index (χ0n) is 11.0. The van der Waals surface area contributed by atoms with Gasteiger partial charge in [-0.1, -0.05) is 38.1 Å². The van der Waals surface area contributed by atoms with E-state index in [0.717, 1.165) is 12.0 Å². The second-order valence-corrected chi connectivity index (χ2v) is 4.81. The fourth-order valence-electron chi connectivity index (χ4n) is 2.00. The minimum absolute atomic E-state index is 0.230. The normalized spacial score (nSPS) is 20.8. The number of carbonyl (C=O) groups is 1. The molecule has 0 aromatic heterocycles. The monoisotopic (exact) mass is 248 g/mol. The zero-order valence-corrected chi connectivity index (χ0v) is 11.0. The van der Waals surface area contributed by atoms with Crippen LogP contribution in [-0.2, 0) is 20.9 Å². The summed E-state index contributed by atoms with van der Waals surface area (Å²) in [6.45, 7) is 5.37. The smallest absolute Gasteiger partial charge is 0.335 e. The molecule has 0 spiro atoms. The molecule has 0 radical (unpaired) electrons. The zero-order chi connectivity index (χ0) is 13.0. The maximum atomic E-state index is 11.2. The van der Waals surface area contributed by atoms with E-state index in [4.69, 9.17) is 9.47 Å². The molecule has 0 saturated carbocycles. The van der Waals surface area contributed by atoms with Gasteiger partial charge in [0.15, 0.2) is 6.10 Å². The Morgan fingerprint density at radius 3 is 2.67 bits per heavy atom. The highest BCUT2D eigenvalue weighted by atomic mass is 16.6. The van der Waals surface area contributed by atoms with E-state index in [1.807, 2.05) is 0 Å². The van der Waals surface area contributed by atoms with Gasteiger partial charge in [0.05, 0.1) is 13.2 Å². The lowest BCUT2D eigenvalue weighted by Crippen LogP contribution is -2.18. The van der Waals surface area contributed by atoms with Gasteiger partial charge in [-0.15, -0.1) is 0 Å². The van der Waals surface area contributed by atoms with Crippen LogP contribution in [0.1, 0.15) is 43.7 Å². The molecule has 1 fully saturated rings. The molecule has 3 heteroatoms. The van der Waals surface area contributed by atoms with E-state index in [1.165, 1.54) is 5.56 Å². The first kappa shape index (κ1) is 13.1. The van der Waals surface area contributed by atoms with Crippen LogP contribution in [0.3, 0.4) is 0 Å². The summed E-state index contributed by atoms with van der Waals surface area (Å²) in [6, 6.07) is 8.42. The van der Waals surface area contributed by atoms with Crippen molar-refractivity contribution in [1.82, 2.24) is 0 Å². The molecule has 1 saturated heterocycles. The molecule has 2 atom stereocenters. The van der Waals surface area contributed by atoms with Gasteiger partial charge >= 0.3 is 5.97 Å². The Morgan fingerprint density at radius 2 is 2.11 bits per heavy atom. The lowest BCUT2D eigenvalue weighted by molar-refractivity contribution is -0.147. The number of carbonyl (C=O) groups excluding carboxylic acids is 1. The Kier molecular flexibility index (Phi) is 4.37. The highest BCUT2D eigenvalue weighted by Crippen LogP contribution is 2.19. The van der Waals surface area contributed by atoms with Gasteiger partial charge in [0.2, 0.25) is 0 Å². The molecule has 0 N–H and O–H groups in total. The van der Waals surface area contributed by atoms with E-state index in [1.54, 1.807) is 0 Å². The molecule has 2 rings (SSSR count). The molecular formula is C15H20O3. The summed E-state index contributed by atoms with van der Waals surface area (Å²) in [5.41, 5.74) is 2.45. The van der Waals surface area contributed by atoms with Gasteiger partial charge in [-0.05, 0) is 23.5 Å². The van der Waals surface area contributed by atoms with Gasteiger partial charge in [0.1, 0.15) is 0 Å². The summed E-state index contributed by atoms with van der Waals surface area (Å²) in [7, 11) is 0. The van der Waals surface area contributed by atoms with Gasteiger partial charge in [0, 0.05) is 6.42 Å². The average Bonchev–Trinajstić information content (AvgIpc) is 2.81. The number of ether oxygens (including phenoxy) is 2. The number of hydrogen-bond acceptors (Lipinski definition) is 3. The lowest BCUT2D eigenvalue weighted by atomic mass is 9.98. The van der Waals surface area contributed by atoms with Gasteiger partial charge in [-0.3, -0.25) is 0 Å². The average molecular weight is 248 g/mol. The molecule has 2 unspecified atom stereocenters. The van der Waals surface area contributed by atoms with Crippen molar-refractivity contribution >= 4 is 5.97 Å². The fraction of sp³-hybridized carbons (Fsp3) is 0.533. The van der Waals surface area contributed by atoms with Crippen molar-refractivity contribution in [1.29, 1.82) is 0 Å². The third kappa shape index (κ3) is 3.10. The minimum atomic E-state index is -0.376. The molecule has 0 amide bonds. The highest BCUT2D eigenvalue weighted by Gasteiger charge is 2.26. The van der Waals surface area contributed by atoms with Crippen LogP contribution in [0.2, 0.25) is 0 Å². The standard InChI is InChI=1S/C15H20O3/c1-3-11(2)13-6-4-12(5-7-13)10-18-14-8-9-17-15(14)16/h4-7,11,14H,3,8-10H2,1-2H3. The van der Waals surface area contributed by atoms with Crippen LogP contribution in [0.25, 0.3) is 0 Å².